The van der Waals surface area contributed by atoms with Crippen LogP contribution in [0.2, 0.25) is 0 Å². The number of benzene rings is 1. The summed E-state index contributed by atoms with van der Waals surface area (Å²) < 4.78 is 0. The first-order valence-corrected chi connectivity index (χ1v) is 14.6. The molecule has 6 saturated carbocycles. The normalized spacial score (nSPS) is 38.4. The Morgan fingerprint density at radius 1 is 1.00 bits per heavy atom. The van der Waals surface area contributed by atoms with E-state index >= 15 is 0 Å². The second kappa shape index (κ2) is 7.52. The number of piperazine rings is 1. The summed E-state index contributed by atoms with van der Waals surface area (Å²) in [4.78, 5) is 32.4. The van der Waals surface area contributed by atoms with Crippen LogP contribution in [0.15, 0.2) is 55.0 Å². The van der Waals surface area contributed by atoms with Crippen molar-refractivity contribution < 1.29 is 4.79 Å². The summed E-state index contributed by atoms with van der Waals surface area (Å²) in [5.74, 6) is 5.57. The summed E-state index contributed by atoms with van der Waals surface area (Å²) in [6.45, 7) is 8.23. The molecule has 2 aromatic heterocycles. The van der Waals surface area contributed by atoms with E-state index in [0.717, 1.165) is 46.1 Å². The second-order valence-electron chi connectivity index (χ2n) is 13.2. The van der Waals surface area contributed by atoms with Crippen molar-refractivity contribution in [3.05, 3.63) is 71.9 Å². The van der Waals surface area contributed by atoms with Gasteiger partial charge in [0.25, 0.3) is 0 Å². The van der Waals surface area contributed by atoms with Crippen molar-refractivity contribution in [3.8, 4) is 11.3 Å². The Bertz CT molecular complexity index is 1460. The van der Waals surface area contributed by atoms with Crippen LogP contribution in [0.1, 0.15) is 17.0 Å². The molecule has 6 aliphatic carbocycles. The van der Waals surface area contributed by atoms with Gasteiger partial charge in [0.15, 0.2) is 0 Å². The van der Waals surface area contributed by atoms with Crippen molar-refractivity contribution in [1.82, 2.24) is 24.8 Å². The van der Waals surface area contributed by atoms with E-state index in [1.165, 1.54) is 38.3 Å². The minimum Gasteiger partial charge on any atom is -0.326 e. The van der Waals surface area contributed by atoms with Crippen LogP contribution in [0, 0.1) is 53.3 Å². The summed E-state index contributed by atoms with van der Waals surface area (Å²) in [6, 6.07) is 12.1. The molecule has 7 fully saturated rings. The number of pyridine rings is 1. The molecule has 1 aromatic carbocycles. The van der Waals surface area contributed by atoms with Gasteiger partial charge in [0.1, 0.15) is 5.82 Å². The van der Waals surface area contributed by atoms with Crippen LogP contribution in [-0.2, 0) is 11.2 Å². The zero-order valence-corrected chi connectivity index (χ0v) is 22.5. The number of likely N-dealkylation sites (N-methyl/N-ethyl adjacent to an activating group) is 1. The number of hydrogen-bond donors (Lipinski definition) is 1. The number of carbonyl (C=O) groups is 1. The number of nitrogens with zero attached hydrogens (tertiary/aromatic N) is 5. The van der Waals surface area contributed by atoms with E-state index in [2.05, 4.69) is 57.3 Å². The SMILES string of the molecule is Cc1ccc(NC(=O)C23C4C5C2C2C3C4C52CN2CCN(C)CC2)cc1Cc1nccc(-c2cccnc2)n1. The lowest BCUT2D eigenvalue weighted by Crippen LogP contribution is -3.12. The van der Waals surface area contributed by atoms with Crippen molar-refractivity contribution in [3.63, 3.8) is 0 Å². The van der Waals surface area contributed by atoms with Gasteiger partial charge in [-0.1, -0.05) is 6.07 Å². The second-order valence-corrected chi connectivity index (χ2v) is 13.2. The van der Waals surface area contributed by atoms with Crippen LogP contribution in [-0.4, -0.2) is 70.4 Å². The molecular weight excluding hydrogens is 484 g/mol. The lowest BCUT2D eigenvalue weighted by Gasteiger charge is -3.11. The van der Waals surface area contributed by atoms with E-state index in [9.17, 15) is 4.79 Å². The molecular formula is C32H34N6O. The molecule has 3 aromatic rings. The Kier molecular flexibility index (Phi) is 4.36. The minimum atomic E-state index is -0.0317. The van der Waals surface area contributed by atoms with Gasteiger partial charge in [-0.2, -0.15) is 0 Å². The third-order valence-electron chi connectivity index (χ3n) is 11.9. The number of rotatable bonds is 7. The zero-order valence-electron chi connectivity index (χ0n) is 22.5. The Labute approximate surface area is 229 Å². The van der Waals surface area contributed by atoms with E-state index < -0.39 is 0 Å². The van der Waals surface area contributed by atoms with Crippen molar-refractivity contribution in [2.75, 3.05) is 45.1 Å². The fourth-order valence-corrected chi connectivity index (χ4v) is 10.4. The molecule has 0 atom stereocenters. The molecule has 1 saturated heterocycles. The maximum absolute atomic E-state index is 13.7. The smallest absolute Gasteiger partial charge is 0.231 e. The van der Waals surface area contributed by atoms with Crippen LogP contribution >= 0.6 is 0 Å². The molecule has 39 heavy (non-hydrogen) atoms. The number of anilines is 1. The molecule has 198 valence electrons. The molecule has 0 spiro atoms. The number of nitrogens with one attached hydrogen (secondary N) is 1. The number of aryl methyl sites for hydroxylation is 1. The van der Waals surface area contributed by atoms with Crippen LogP contribution in [0.3, 0.4) is 0 Å². The monoisotopic (exact) mass is 518 g/mol. The summed E-state index contributed by atoms with van der Waals surface area (Å²) in [5.41, 5.74) is 5.67. The minimum absolute atomic E-state index is 0.0317. The quantitative estimate of drug-likeness (QED) is 0.517. The Balaban J connectivity index is 0.886. The Morgan fingerprint density at radius 2 is 1.77 bits per heavy atom. The van der Waals surface area contributed by atoms with Gasteiger partial charge >= 0.3 is 0 Å². The summed E-state index contributed by atoms with van der Waals surface area (Å²) >= 11 is 0. The number of aromatic nitrogens is 3. The lowest BCUT2D eigenvalue weighted by atomic mass is 8.92. The largest absolute Gasteiger partial charge is 0.326 e. The highest BCUT2D eigenvalue weighted by atomic mass is 16.2. The molecule has 0 radical (unpaired) electrons. The summed E-state index contributed by atoms with van der Waals surface area (Å²) in [7, 11) is 2.23. The van der Waals surface area contributed by atoms with Crippen molar-refractivity contribution >= 4 is 11.6 Å². The predicted octanol–water partition coefficient (Wildman–Crippen LogP) is 3.36. The van der Waals surface area contributed by atoms with Gasteiger partial charge in [0.2, 0.25) is 5.91 Å². The first kappa shape index (κ1) is 22.6. The van der Waals surface area contributed by atoms with Crippen LogP contribution in [0.25, 0.3) is 11.3 Å². The van der Waals surface area contributed by atoms with Gasteiger partial charge in [0.05, 0.1) is 11.1 Å². The Morgan fingerprint density at radius 3 is 2.49 bits per heavy atom. The van der Waals surface area contributed by atoms with Crippen LogP contribution in [0.4, 0.5) is 5.69 Å². The molecule has 3 heterocycles. The topological polar surface area (TPSA) is 74.2 Å². The maximum atomic E-state index is 13.7. The highest BCUT2D eigenvalue weighted by Crippen LogP contribution is 3.10. The van der Waals surface area contributed by atoms with Crippen molar-refractivity contribution in [2.45, 2.75) is 13.3 Å². The zero-order chi connectivity index (χ0) is 26.1. The third-order valence-corrected chi connectivity index (χ3v) is 11.9. The summed E-state index contributed by atoms with van der Waals surface area (Å²) in [6.07, 6.45) is 6.04. The van der Waals surface area contributed by atoms with E-state index in [0.29, 0.717) is 35.5 Å². The third kappa shape index (κ3) is 2.57. The first-order chi connectivity index (χ1) is 19.0. The van der Waals surface area contributed by atoms with Crippen LogP contribution in [0.5, 0.6) is 0 Å². The van der Waals surface area contributed by atoms with Crippen molar-refractivity contribution in [1.29, 1.82) is 0 Å². The lowest BCUT2D eigenvalue weighted by molar-refractivity contribution is -0.641. The van der Waals surface area contributed by atoms with Crippen molar-refractivity contribution in [2.24, 2.45) is 46.3 Å². The van der Waals surface area contributed by atoms with Gasteiger partial charge in [-0.3, -0.25) is 9.78 Å². The number of carbonyl (C=O) groups excluding carboxylic acids is 1. The predicted molar refractivity (Wildman–Crippen MR) is 148 cm³/mol. The number of amides is 1. The molecule has 10 rings (SSSR count). The average molecular weight is 519 g/mol. The molecule has 1 N–H and O–H groups in total. The fourth-order valence-electron chi connectivity index (χ4n) is 10.4. The van der Waals surface area contributed by atoms with Crippen LogP contribution < -0.4 is 5.32 Å². The number of hydrogen-bond acceptors (Lipinski definition) is 6. The molecule has 1 amide bonds. The first-order valence-electron chi connectivity index (χ1n) is 14.6. The van der Waals surface area contributed by atoms with Gasteiger partial charge in [-0.25, -0.2) is 9.97 Å². The molecule has 0 bridgehead atoms. The van der Waals surface area contributed by atoms with E-state index in [4.69, 9.17) is 4.98 Å². The molecule has 7 aliphatic rings. The molecule has 7 heteroatoms. The molecule has 7 nitrogen and oxygen atoms in total. The van der Waals surface area contributed by atoms with Gasteiger partial charge in [-0.15, -0.1) is 0 Å². The van der Waals surface area contributed by atoms with E-state index in [1.54, 1.807) is 6.20 Å². The standard InChI is InChI=1S/C32H34N6O/c1-18-5-6-21(14-20(18)15-23-34-9-7-22(36-23)19-4-3-8-33-16-19)35-30(39)32-27-24-28(32)26-29(32)25(27)31(24,26)17-38-12-10-37(2)11-13-38/h3-9,14,16,24-29H,10-13,15,17H2,1-2H3,(H,35,39). The Hall–Kier alpha value is -3.16. The molecule has 0 unspecified atom stereocenters. The van der Waals surface area contributed by atoms with Gasteiger partial charge in [0, 0.05) is 69.0 Å². The maximum Gasteiger partial charge on any atom is 0.231 e. The van der Waals surface area contributed by atoms with Gasteiger partial charge in [-0.05, 0) is 96.4 Å². The summed E-state index contributed by atoms with van der Waals surface area (Å²) in [5, 5.41) is 3.36. The average Bonchev–Trinajstić information content (AvgIpc) is 2.97. The highest BCUT2D eigenvalue weighted by Gasteiger charge is 3.11. The van der Waals surface area contributed by atoms with E-state index in [-0.39, 0.29) is 5.41 Å². The fraction of sp³-hybridized carbons (Fsp3) is 0.500. The molecule has 1 aliphatic heterocycles. The van der Waals surface area contributed by atoms with Gasteiger partial charge < -0.3 is 15.1 Å². The highest BCUT2D eigenvalue weighted by molar-refractivity contribution is 6.01. The van der Waals surface area contributed by atoms with E-state index in [1.807, 2.05) is 30.6 Å².